The number of imidazole rings is 1. The summed E-state index contributed by atoms with van der Waals surface area (Å²) in [7, 11) is 0. The maximum absolute atomic E-state index is 13.2. The van der Waals surface area contributed by atoms with Gasteiger partial charge < -0.3 is 9.84 Å². The van der Waals surface area contributed by atoms with Crippen molar-refractivity contribution in [3.63, 3.8) is 0 Å². The molecule has 0 bridgehead atoms. The van der Waals surface area contributed by atoms with E-state index in [1.54, 1.807) is 6.92 Å². The van der Waals surface area contributed by atoms with Gasteiger partial charge in [0.1, 0.15) is 5.75 Å². The van der Waals surface area contributed by atoms with Gasteiger partial charge in [-0.2, -0.15) is 0 Å². The van der Waals surface area contributed by atoms with E-state index in [2.05, 4.69) is 21.9 Å². The van der Waals surface area contributed by atoms with E-state index >= 15 is 0 Å². The molecule has 1 aromatic carbocycles. The SMILES string of the molecule is CCCc1c(Oc2ccc(C(C)O)cc2)[nH]c2[nH+]c(C3CCCCC3)[nH]c2c1=O. The Balaban J connectivity index is 1.71. The van der Waals surface area contributed by atoms with Crippen molar-refractivity contribution in [2.24, 2.45) is 0 Å². The molecule has 0 saturated heterocycles. The molecule has 6 nitrogen and oxygen atoms in total. The first-order chi connectivity index (χ1) is 14.1. The Morgan fingerprint density at radius 1 is 1.17 bits per heavy atom. The smallest absolute Gasteiger partial charge is 0.270 e. The van der Waals surface area contributed by atoms with Crippen LogP contribution in [0.4, 0.5) is 0 Å². The molecule has 1 atom stereocenters. The van der Waals surface area contributed by atoms with Crippen LogP contribution in [-0.4, -0.2) is 15.1 Å². The van der Waals surface area contributed by atoms with Crippen molar-refractivity contribution in [2.75, 3.05) is 0 Å². The fourth-order valence-electron chi connectivity index (χ4n) is 4.22. The summed E-state index contributed by atoms with van der Waals surface area (Å²) >= 11 is 0. The van der Waals surface area contributed by atoms with Crippen molar-refractivity contribution in [3.05, 3.63) is 51.4 Å². The van der Waals surface area contributed by atoms with Crippen molar-refractivity contribution in [1.82, 2.24) is 9.97 Å². The van der Waals surface area contributed by atoms with Gasteiger partial charge in [0, 0.05) is 5.92 Å². The number of benzene rings is 1. The highest BCUT2D eigenvalue weighted by molar-refractivity contribution is 5.69. The van der Waals surface area contributed by atoms with Crippen molar-refractivity contribution in [2.45, 2.75) is 70.8 Å². The highest BCUT2D eigenvalue weighted by atomic mass is 16.5. The van der Waals surface area contributed by atoms with Gasteiger partial charge in [-0.3, -0.25) is 9.78 Å². The number of hydrogen-bond donors (Lipinski definition) is 3. The molecule has 4 N–H and O–H groups in total. The van der Waals surface area contributed by atoms with E-state index in [0.29, 0.717) is 40.7 Å². The topological polar surface area (TPSA) is 92.2 Å². The number of aromatic amines is 3. The minimum absolute atomic E-state index is 0.00508. The lowest BCUT2D eigenvalue weighted by Gasteiger charge is -2.17. The average molecular weight is 397 g/mol. The molecular formula is C23H30N3O3+. The van der Waals surface area contributed by atoms with Crippen LogP contribution in [0.5, 0.6) is 11.6 Å². The zero-order chi connectivity index (χ0) is 20.4. The number of H-pyrrole nitrogens is 3. The second kappa shape index (κ2) is 8.41. The molecule has 4 rings (SSSR count). The van der Waals surface area contributed by atoms with Crippen LogP contribution in [0.1, 0.15) is 81.3 Å². The molecule has 154 valence electrons. The minimum atomic E-state index is -0.525. The first-order valence-corrected chi connectivity index (χ1v) is 10.7. The summed E-state index contributed by atoms with van der Waals surface area (Å²) in [4.78, 5) is 23.3. The molecule has 0 aliphatic heterocycles. The number of ether oxygens (including phenoxy) is 1. The Bertz CT molecular complexity index is 1030. The van der Waals surface area contributed by atoms with Crippen LogP contribution in [0.15, 0.2) is 29.1 Å². The van der Waals surface area contributed by atoms with Gasteiger partial charge >= 0.3 is 0 Å². The molecule has 0 spiro atoms. The monoisotopic (exact) mass is 396 g/mol. The molecule has 1 aliphatic carbocycles. The number of aromatic nitrogens is 3. The van der Waals surface area contributed by atoms with Crippen LogP contribution >= 0.6 is 0 Å². The van der Waals surface area contributed by atoms with E-state index < -0.39 is 6.10 Å². The molecule has 6 heteroatoms. The van der Waals surface area contributed by atoms with Gasteiger partial charge in [-0.25, -0.2) is 9.97 Å². The molecule has 2 aromatic heterocycles. The summed E-state index contributed by atoms with van der Waals surface area (Å²) in [6, 6.07) is 7.29. The minimum Gasteiger partial charge on any atom is -0.429 e. The third kappa shape index (κ3) is 4.08. The van der Waals surface area contributed by atoms with Gasteiger partial charge in [-0.1, -0.05) is 44.7 Å². The predicted octanol–water partition coefficient (Wildman–Crippen LogP) is 4.52. The molecule has 29 heavy (non-hydrogen) atoms. The number of nitrogens with one attached hydrogen (secondary N) is 3. The molecule has 1 unspecified atom stereocenters. The predicted molar refractivity (Wildman–Crippen MR) is 112 cm³/mol. The number of rotatable bonds is 6. The van der Waals surface area contributed by atoms with Gasteiger partial charge in [-0.15, -0.1) is 0 Å². The number of pyridine rings is 1. The third-order valence-electron chi connectivity index (χ3n) is 5.88. The second-order valence-electron chi connectivity index (χ2n) is 8.11. The second-order valence-corrected chi connectivity index (χ2v) is 8.11. The zero-order valence-corrected chi connectivity index (χ0v) is 17.2. The Hall–Kier alpha value is -2.60. The van der Waals surface area contributed by atoms with Gasteiger partial charge in [0.2, 0.25) is 16.8 Å². The molecule has 1 fully saturated rings. The van der Waals surface area contributed by atoms with E-state index in [1.807, 2.05) is 24.3 Å². The van der Waals surface area contributed by atoms with Crippen molar-refractivity contribution in [1.29, 1.82) is 0 Å². The van der Waals surface area contributed by atoms with Crippen LogP contribution in [0.3, 0.4) is 0 Å². The van der Waals surface area contributed by atoms with Crippen LogP contribution in [0, 0.1) is 0 Å². The van der Waals surface area contributed by atoms with Crippen molar-refractivity contribution >= 4 is 11.2 Å². The van der Waals surface area contributed by atoms with Gasteiger partial charge in [0.15, 0.2) is 0 Å². The summed E-state index contributed by atoms with van der Waals surface area (Å²) in [6.45, 7) is 3.78. The largest absolute Gasteiger partial charge is 0.429 e. The summed E-state index contributed by atoms with van der Waals surface area (Å²) in [5.74, 6) is 2.61. The first-order valence-electron chi connectivity index (χ1n) is 10.7. The Labute approximate surface area is 170 Å². The Morgan fingerprint density at radius 2 is 1.90 bits per heavy atom. The van der Waals surface area contributed by atoms with Gasteiger partial charge in [0.25, 0.3) is 11.5 Å². The van der Waals surface area contributed by atoms with Gasteiger partial charge in [0.05, 0.1) is 11.7 Å². The maximum atomic E-state index is 13.2. The maximum Gasteiger partial charge on any atom is 0.270 e. The summed E-state index contributed by atoms with van der Waals surface area (Å²) in [5.41, 5.74) is 2.77. The van der Waals surface area contributed by atoms with Crippen LogP contribution in [-0.2, 0) is 6.42 Å². The van der Waals surface area contributed by atoms with Crippen LogP contribution in [0.25, 0.3) is 11.2 Å². The average Bonchev–Trinajstić information content (AvgIpc) is 3.16. The summed E-state index contributed by atoms with van der Waals surface area (Å²) in [6.07, 6.45) is 7.04. The Kier molecular flexibility index (Phi) is 5.72. The summed E-state index contributed by atoms with van der Waals surface area (Å²) < 4.78 is 6.07. The fraction of sp³-hybridized carbons (Fsp3) is 0.478. The molecule has 1 aliphatic rings. The summed E-state index contributed by atoms with van der Waals surface area (Å²) in [5, 5.41) is 9.69. The first kappa shape index (κ1) is 19.7. The van der Waals surface area contributed by atoms with E-state index in [0.717, 1.165) is 30.7 Å². The number of aliphatic hydroxyl groups excluding tert-OH is 1. The highest BCUT2D eigenvalue weighted by Crippen LogP contribution is 2.31. The molecule has 0 amide bonds. The number of aliphatic hydroxyl groups is 1. The van der Waals surface area contributed by atoms with E-state index in [4.69, 9.17) is 4.74 Å². The van der Waals surface area contributed by atoms with E-state index in [9.17, 15) is 9.90 Å². The van der Waals surface area contributed by atoms with E-state index in [-0.39, 0.29) is 5.43 Å². The standard InChI is InChI=1S/C23H29N3O3/c1-3-7-18-20(28)19-22(25-21(24-19)16-8-5-4-6-9-16)26-23(18)29-17-12-10-15(11-13-17)14(2)27/h10-14,16,27H,3-9H2,1-2H3,(H2,24,25,26,28)/p+1. The number of fused-ring (bicyclic) bond motifs is 1. The molecule has 3 aromatic rings. The lowest BCUT2D eigenvalue weighted by Crippen LogP contribution is -2.17. The quantitative estimate of drug-likeness (QED) is 0.572. The lowest BCUT2D eigenvalue weighted by molar-refractivity contribution is -0.364. The van der Waals surface area contributed by atoms with Gasteiger partial charge in [-0.05, 0) is 43.9 Å². The molecule has 1 saturated carbocycles. The zero-order valence-electron chi connectivity index (χ0n) is 17.2. The fourth-order valence-corrected chi connectivity index (χ4v) is 4.22. The van der Waals surface area contributed by atoms with Crippen molar-refractivity contribution in [3.8, 4) is 11.6 Å². The van der Waals surface area contributed by atoms with E-state index in [1.165, 1.54) is 19.3 Å². The normalized spacial score (nSPS) is 16.2. The molecule has 0 radical (unpaired) electrons. The lowest BCUT2D eigenvalue weighted by atomic mass is 9.89. The molecule has 2 heterocycles. The van der Waals surface area contributed by atoms with Crippen LogP contribution in [0.2, 0.25) is 0 Å². The van der Waals surface area contributed by atoms with Crippen LogP contribution < -0.4 is 15.1 Å². The highest BCUT2D eigenvalue weighted by Gasteiger charge is 2.26. The van der Waals surface area contributed by atoms with Crippen molar-refractivity contribution < 1.29 is 14.8 Å². The Morgan fingerprint density at radius 3 is 2.55 bits per heavy atom. The molecular weight excluding hydrogens is 366 g/mol. The third-order valence-corrected chi connectivity index (χ3v) is 5.88. The number of hydrogen-bond acceptors (Lipinski definition) is 3.